The van der Waals surface area contributed by atoms with Crippen LogP contribution >= 0.6 is 15.9 Å². The highest BCUT2D eigenvalue weighted by Crippen LogP contribution is 2.31. The smallest absolute Gasteiger partial charge is 0.207 e. The number of hydrogen-bond acceptors (Lipinski definition) is 2. The number of fused-ring (bicyclic) bond motifs is 1. The minimum Gasteiger partial charge on any atom is -0.207 e. The quantitative estimate of drug-likeness (QED) is 0.828. The molecule has 0 amide bonds. The fourth-order valence-corrected chi connectivity index (χ4v) is 4.70. The fraction of sp³-hybridized carbons (Fsp3) is 0.143. The van der Waals surface area contributed by atoms with Gasteiger partial charge in [-0.15, -0.1) is 0 Å². The van der Waals surface area contributed by atoms with Crippen molar-refractivity contribution in [1.82, 2.24) is 4.31 Å². The second-order valence-corrected chi connectivity index (χ2v) is 7.38. The molecule has 0 saturated carbocycles. The summed E-state index contributed by atoms with van der Waals surface area (Å²) >= 11 is 3.12. The van der Waals surface area contributed by atoms with Gasteiger partial charge in [0.25, 0.3) is 0 Å². The molecule has 0 N–H and O–H groups in total. The van der Waals surface area contributed by atoms with Crippen LogP contribution < -0.4 is 0 Å². The number of nitrogens with zero attached hydrogens (tertiary/aromatic N) is 1. The molecule has 104 valence electrons. The van der Waals surface area contributed by atoms with Crippen LogP contribution in [0.5, 0.6) is 0 Å². The molecule has 1 heterocycles. The maximum absolute atomic E-state index is 13.1. The third-order valence-electron chi connectivity index (χ3n) is 3.32. The maximum Gasteiger partial charge on any atom is 0.244 e. The van der Waals surface area contributed by atoms with E-state index >= 15 is 0 Å². The van der Waals surface area contributed by atoms with Gasteiger partial charge in [-0.3, -0.25) is 0 Å². The Morgan fingerprint density at radius 1 is 1.05 bits per heavy atom. The standard InChI is InChI=1S/C14H11BrFNO2S/c15-13-7-12(16)5-6-14(13)20(18,19)17-8-10-3-1-2-4-11(10)9-17/h1-7H,8-9H2. The number of benzene rings is 2. The van der Waals surface area contributed by atoms with Crippen LogP contribution in [0.3, 0.4) is 0 Å². The van der Waals surface area contributed by atoms with Crippen LogP contribution in [-0.2, 0) is 23.1 Å². The van der Waals surface area contributed by atoms with Crippen molar-refractivity contribution < 1.29 is 12.8 Å². The van der Waals surface area contributed by atoms with Gasteiger partial charge in [0.1, 0.15) is 5.82 Å². The molecule has 20 heavy (non-hydrogen) atoms. The molecule has 0 unspecified atom stereocenters. The van der Waals surface area contributed by atoms with Crippen molar-refractivity contribution in [2.45, 2.75) is 18.0 Å². The predicted octanol–water partition coefficient (Wildman–Crippen LogP) is 3.29. The van der Waals surface area contributed by atoms with Crippen LogP contribution in [0.2, 0.25) is 0 Å². The van der Waals surface area contributed by atoms with Gasteiger partial charge >= 0.3 is 0 Å². The van der Waals surface area contributed by atoms with Gasteiger partial charge in [-0.05, 0) is 45.3 Å². The van der Waals surface area contributed by atoms with Gasteiger partial charge in [0.2, 0.25) is 10.0 Å². The molecule has 0 atom stereocenters. The van der Waals surface area contributed by atoms with Crippen LogP contribution in [0.25, 0.3) is 0 Å². The molecule has 0 aliphatic carbocycles. The predicted molar refractivity (Wildman–Crippen MR) is 77.0 cm³/mol. The minimum absolute atomic E-state index is 0.0895. The molecular weight excluding hydrogens is 345 g/mol. The zero-order chi connectivity index (χ0) is 14.3. The maximum atomic E-state index is 13.1. The van der Waals surface area contributed by atoms with Crippen LogP contribution in [0.4, 0.5) is 4.39 Å². The molecule has 0 fully saturated rings. The molecule has 0 radical (unpaired) electrons. The van der Waals surface area contributed by atoms with Gasteiger partial charge in [0.05, 0.1) is 4.90 Å². The van der Waals surface area contributed by atoms with Gasteiger partial charge in [-0.2, -0.15) is 4.31 Å². The normalized spacial score (nSPS) is 15.3. The van der Waals surface area contributed by atoms with Crippen molar-refractivity contribution >= 4 is 26.0 Å². The summed E-state index contributed by atoms with van der Waals surface area (Å²) in [5.41, 5.74) is 2.02. The lowest BCUT2D eigenvalue weighted by Crippen LogP contribution is -2.26. The second kappa shape index (κ2) is 4.95. The molecule has 0 saturated heterocycles. The average molecular weight is 356 g/mol. The SMILES string of the molecule is O=S(=O)(c1ccc(F)cc1Br)N1Cc2ccccc2C1. The third kappa shape index (κ3) is 2.28. The topological polar surface area (TPSA) is 37.4 Å². The zero-order valence-electron chi connectivity index (χ0n) is 10.4. The van der Waals surface area contributed by atoms with E-state index in [4.69, 9.17) is 0 Å². The first-order valence-corrected chi connectivity index (χ1v) is 8.24. The Balaban J connectivity index is 1.99. The van der Waals surface area contributed by atoms with E-state index in [9.17, 15) is 12.8 Å². The van der Waals surface area contributed by atoms with Crippen LogP contribution in [0.15, 0.2) is 51.8 Å². The summed E-state index contributed by atoms with van der Waals surface area (Å²) in [6.45, 7) is 0.699. The van der Waals surface area contributed by atoms with E-state index in [0.29, 0.717) is 13.1 Å². The molecule has 0 bridgehead atoms. The van der Waals surface area contributed by atoms with Crippen LogP contribution in [0, 0.1) is 5.82 Å². The van der Waals surface area contributed by atoms with Crippen molar-refractivity contribution in [2.24, 2.45) is 0 Å². The zero-order valence-corrected chi connectivity index (χ0v) is 12.8. The molecular formula is C14H11BrFNO2S. The lowest BCUT2D eigenvalue weighted by Gasteiger charge is -2.16. The fourth-order valence-electron chi connectivity index (χ4n) is 2.30. The summed E-state index contributed by atoms with van der Waals surface area (Å²) in [5.74, 6) is -0.472. The third-order valence-corrected chi connectivity index (χ3v) is 6.09. The lowest BCUT2D eigenvalue weighted by atomic mass is 10.1. The number of rotatable bonds is 2. The first-order chi connectivity index (χ1) is 9.48. The van der Waals surface area contributed by atoms with Gasteiger partial charge in [-0.1, -0.05) is 24.3 Å². The van der Waals surface area contributed by atoms with Crippen molar-refractivity contribution in [3.63, 3.8) is 0 Å². The summed E-state index contributed by atoms with van der Waals surface area (Å²) < 4.78 is 39.9. The Labute approximate surface area is 125 Å². The Morgan fingerprint density at radius 2 is 1.65 bits per heavy atom. The Bertz CT molecular complexity index is 751. The first kappa shape index (κ1) is 13.7. The largest absolute Gasteiger partial charge is 0.244 e. The van der Waals surface area contributed by atoms with E-state index < -0.39 is 15.8 Å². The Kier molecular flexibility index (Phi) is 3.40. The minimum atomic E-state index is -3.63. The molecule has 1 aliphatic rings. The van der Waals surface area contributed by atoms with Crippen molar-refractivity contribution in [3.05, 3.63) is 63.9 Å². The molecule has 6 heteroatoms. The van der Waals surface area contributed by atoms with Gasteiger partial charge < -0.3 is 0 Å². The van der Waals surface area contributed by atoms with Crippen molar-refractivity contribution in [2.75, 3.05) is 0 Å². The molecule has 1 aliphatic heterocycles. The highest BCUT2D eigenvalue weighted by Gasteiger charge is 2.31. The second-order valence-electron chi connectivity index (χ2n) is 4.62. The summed E-state index contributed by atoms with van der Waals surface area (Å²) in [6.07, 6.45) is 0. The lowest BCUT2D eigenvalue weighted by molar-refractivity contribution is 0.431. The van der Waals surface area contributed by atoms with Gasteiger partial charge in [-0.25, -0.2) is 12.8 Å². The van der Waals surface area contributed by atoms with E-state index in [-0.39, 0.29) is 9.37 Å². The van der Waals surface area contributed by atoms with E-state index in [2.05, 4.69) is 15.9 Å². The average Bonchev–Trinajstić information content (AvgIpc) is 2.82. The van der Waals surface area contributed by atoms with Crippen LogP contribution in [0.1, 0.15) is 11.1 Å². The summed E-state index contributed by atoms with van der Waals surface area (Å²) in [4.78, 5) is 0.0895. The van der Waals surface area contributed by atoms with E-state index in [1.807, 2.05) is 24.3 Å². The van der Waals surface area contributed by atoms with Crippen molar-refractivity contribution in [3.8, 4) is 0 Å². The number of sulfonamides is 1. The highest BCUT2D eigenvalue weighted by molar-refractivity contribution is 9.10. The van der Waals surface area contributed by atoms with Gasteiger partial charge in [0, 0.05) is 17.6 Å². The Hall–Kier alpha value is -1.24. The molecule has 2 aromatic carbocycles. The highest BCUT2D eigenvalue weighted by atomic mass is 79.9. The monoisotopic (exact) mass is 355 g/mol. The first-order valence-electron chi connectivity index (χ1n) is 6.00. The van der Waals surface area contributed by atoms with Crippen LogP contribution in [-0.4, -0.2) is 12.7 Å². The number of hydrogen-bond donors (Lipinski definition) is 0. The van der Waals surface area contributed by atoms with E-state index in [1.54, 1.807) is 0 Å². The van der Waals surface area contributed by atoms with E-state index in [0.717, 1.165) is 23.3 Å². The number of halogens is 2. The molecule has 3 nitrogen and oxygen atoms in total. The van der Waals surface area contributed by atoms with Gasteiger partial charge in [0.15, 0.2) is 0 Å². The molecule has 3 rings (SSSR count). The Morgan fingerprint density at radius 3 is 2.20 bits per heavy atom. The van der Waals surface area contributed by atoms with E-state index in [1.165, 1.54) is 10.4 Å². The molecule has 0 spiro atoms. The summed E-state index contributed by atoms with van der Waals surface area (Å²) in [5, 5.41) is 0. The molecule has 0 aromatic heterocycles. The summed E-state index contributed by atoms with van der Waals surface area (Å²) in [7, 11) is -3.63. The van der Waals surface area contributed by atoms with Crippen molar-refractivity contribution in [1.29, 1.82) is 0 Å². The summed E-state index contributed by atoms with van der Waals surface area (Å²) in [6, 6.07) is 11.2. The molecule has 2 aromatic rings.